The third-order valence-electron chi connectivity index (χ3n) is 3.67. The van der Waals surface area contributed by atoms with Crippen LogP contribution in [0.2, 0.25) is 0 Å². The van der Waals surface area contributed by atoms with Crippen molar-refractivity contribution in [2.75, 3.05) is 0 Å². The maximum Gasteiger partial charge on any atom is 0.254 e. The average Bonchev–Trinajstić information content (AvgIpc) is 2.84. The lowest BCUT2D eigenvalue weighted by molar-refractivity contribution is 0.563. The van der Waals surface area contributed by atoms with Crippen molar-refractivity contribution < 1.29 is 0 Å². The minimum Gasteiger partial charge on any atom is -0.307 e. The minimum absolute atomic E-state index is 0.0647. The van der Waals surface area contributed by atoms with Gasteiger partial charge in [0.25, 0.3) is 5.56 Å². The van der Waals surface area contributed by atoms with Gasteiger partial charge in [-0.25, -0.2) is 4.52 Å². The topological polar surface area (TPSA) is 50.2 Å². The summed E-state index contributed by atoms with van der Waals surface area (Å²) in [4.78, 5) is 15.1. The van der Waals surface area contributed by atoms with Crippen LogP contribution >= 0.6 is 0 Å². The van der Waals surface area contributed by atoms with Crippen molar-refractivity contribution in [2.45, 2.75) is 33.1 Å². The van der Waals surface area contributed by atoms with Crippen LogP contribution in [0.4, 0.5) is 0 Å². The maximum atomic E-state index is 12.2. The molecular weight excluding hydrogens is 262 g/mol. The quantitative estimate of drug-likeness (QED) is 0.744. The van der Waals surface area contributed by atoms with Crippen LogP contribution < -0.4 is 5.56 Å². The number of aromatic amines is 1. The Morgan fingerprint density at radius 3 is 2.43 bits per heavy atom. The van der Waals surface area contributed by atoms with Crippen molar-refractivity contribution in [1.29, 1.82) is 0 Å². The largest absolute Gasteiger partial charge is 0.307 e. The number of fused-ring (bicyclic) bond motifs is 1. The number of nitrogens with zero attached hydrogens (tertiary/aromatic N) is 2. The highest BCUT2D eigenvalue weighted by atomic mass is 16.1. The molecule has 1 N–H and O–H groups in total. The van der Waals surface area contributed by atoms with Gasteiger partial charge < -0.3 is 4.98 Å². The highest BCUT2D eigenvalue weighted by Gasteiger charge is 2.20. The Hall–Kier alpha value is -2.36. The molecule has 0 bridgehead atoms. The Labute approximate surface area is 123 Å². The lowest BCUT2D eigenvalue weighted by Gasteiger charge is -2.14. The summed E-state index contributed by atoms with van der Waals surface area (Å²) >= 11 is 0. The Morgan fingerprint density at radius 2 is 1.81 bits per heavy atom. The van der Waals surface area contributed by atoms with Crippen molar-refractivity contribution in [3.05, 3.63) is 58.0 Å². The first-order chi connectivity index (χ1) is 9.88. The number of nitrogens with one attached hydrogen (secondary N) is 1. The molecule has 0 saturated heterocycles. The van der Waals surface area contributed by atoms with E-state index in [-0.39, 0.29) is 11.0 Å². The van der Waals surface area contributed by atoms with Gasteiger partial charge in [-0.15, -0.1) is 0 Å². The monoisotopic (exact) mass is 281 g/mol. The molecule has 108 valence electrons. The van der Waals surface area contributed by atoms with Crippen molar-refractivity contribution in [3.63, 3.8) is 0 Å². The molecule has 0 aliphatic heterocycles. The van der Waals surface area contributed by atoms with Crippen LogP contribution in [0.1, 0.15) is 32.0 Å². The smallest absolute Gasteiger partial charge is 0.254 e. The van der Waals surface area contributed by atoms with Crippen LogP contribution in [0.25, 0.3) is 16.9 Å². The van der Waals surface area contributed by atoms with Crippen molar-refractivity contribution in [1.82, 2.24) is 14.6 Å². The van der Waals surface area contributed by atoms with Crippen molar-refractivity contribution in [3.8, 4) is 11.3 Å². The van der Waals surface area contributed by atoms with Crippen LogP contribution in [0, 0.1) is 6.92 Å². The number of benzene rings is 1. The van der Waals surface area contributed by atoms with E-state index in [0.717, 1.165) is 22.6 Å². The maximum absolute atomic E-state index is 12.2. The molecule has 2 heterocycles. The number of hydrogen-bond acceptors (Lipinski definition) is 2. The highest BCUT2D eigenvalue weighted by molar-refractivity contribution is 5.66. The van der Waals surface area contributed by atoms with Gasteiger partial charge in [0.15, 0.2) is 0 Å². The van der Waals surface area contributed by atoms with Crippen LogP contribution in [0.5, 0.6) is 0 Å². The molecule has 0 atom stereocenters. The summed E-state index contributed by atoms with van der Waals surface area (Å²) in [5.41, 5.74) is 4.08. The second kappa shape index (κ2) is 4.58. The SMILES string of the molecule is Cc1c(-c2ccccc2)n2nc(C(C)(C)C)cc2[nH]c1=O. The van der Waals surface area contributed by atoms with Gasteiger partial charge in [-0.2, -0.15) is 5.10 Å². The second-order valence-electron chi connectivity index (χ2n) is 6.37. The van der Waals surface area contributed by atoms with E-state index in [0.29, 0.717) is 5.56 Å². The van der Waals surface area contributed by atoms with E-state index < -0.39 is 0 Å². The van der Waals surface area contributed by atoms with Gasteiger partial charge in [-0.3, -0.25) is 4.79 Å². The summed E-state index contributed by atoms with van der Waals surface area (Å²) < 4.78 is 1.84. The molecule has 3 rings (SSSR count). The fraction of sp³-hybridized carbons (Fsp3) is 0.294. The van der Waals surface area contributed by atoms with E-state index in [1.165, 1.54) is 0 Å². The fourth-order valence-corrected chi connectivity index (χ4v) is 2.42. The van der Waals surface area contributed by atoms with E-state index in [9.17, 15) is 4.79 Å². The average molecular weight is 281 g/mol. The summed E-state index contributed by atoms with van der Waals surface area (Å²) in [5, 5.41) is 4.71. The van der Waals surface area contributed by atoms with Gasteiger partial charge in [-0.05, 0) is 6.92 Å². The Kier molecular flexibility index (Phi) is 2.97. The minimum atomic E-state index is -0.0679. The molecule has 0 amide bonds. The standard InChI is InChI=1S/C17H19N3O/c1-11-15(12-8-6-5-7-9-12)20-14(18-16(11)21)10-13(19-20)17(2,3)4/h5-10H,1-4H3,(H,18,21). The van der Waals surface area contributed by atoms with Gasteiger partial charge in [0, 0.05) is 22.6 Å². The number of H-pyrrole nitrogens is 1. The zero-order valence-corrected chi connectivity index (χ0v) is 12.8. The van der Waals surface area contributed by atoms with E-state index in [4.69, 9.17) is 5.10 Å². The van der Waals surface area contributed by atoms with Gasteiger partial charge >= 0.3 is 0 Å². The summed E-state index contributed by atoms with van der Waals surface area (Å²) in [6.07, 6.45) is 0. The molecule has 0 unspecified atom stereocenters. The first-order valence-corrected chi connectivity index (χ1v) is 7.06. The Morgan fingerprint density at radius 1 is 1.14 bits per heavy atom. The molecule has 4 heteroatoms. The summed E-state index contributed by atoms with van der Waals surface area (Å²) in [6.45, 7) is 8.17. The fourth-order valence-electron chi connectivity index (χ4n) is 2.42. The first kappa shape index (κ1) is 13.6. The molecule has 0 spiro atoms. The van der Waals surface area contributed by atoms with E-state index in [2.05, 4.69) is 25.8 Å². The van der Waals surface area contributed by atoms with E-state index in [1.54, 1.807) is 0 Å². The second-order valence-corrected chi connectivity index (χ2v) is 6.37. The molecule has 2 aromatic heterocycles. The zero-order valence-electron chi connectivity index (χ0n) is 12.8. The van der Waals surface area contributed by atoms with Crippen LogP contribution in [-0.2, 0) is 5.41 Å². The van der Waals surface area contributed by atoms with Crippen molar-refractivity contribution >= 4 is 5.65 Å². The van der Waals surface area contributed by atoms with Crippen LogP contribution in [-0.4, -0.2) is 14.6 Å². The third kappa shape index (κ3) is 2.27. The molecule has 1 aromatic carbocycles. The van der Waals surface area contributed by atoms with Gasteiger partial charge in [-0.1, -0.05) is 51.1 Å². The Balaban J connectivity index is 2.39. The summed E-state index contributed by atoms with van der Waals surface area (Å²) in [5.74, 6) is 0. The molecule has 0 aliphatic rings. The van der Waals surface area contributed by atoms with Gasteiger partial charge in [0.2, 0.25) is 0 Å². The number of hydrogen-bond donors (Lipinski definition) is 1. The zero-order chi connectivity index (χ0) is 15.2. The summed E-state index contributed by atoms with van der Waals surface area (Å²) in [7, 11) is 0. The molecule has 4 nitrogen and oxygen atoms in total. The van der Waals surface area contributed by atoms with Gasteiger partial charge in [0.1, 0.15) is 5.65 Å². The van der Waals surface area contributed by atoms with Gasteiger partial charge in [0.05, 0.1) is 11.4 Å². The van der Waals surface area contributed by atoms with Crippen LogP contribution in [0.15, 0.2) is 41.2 Å². The first-order valence-electron chi connectivity index (χ1n) is 7.06. The number of rotatable bonds is 1. The molecular formula is C17H19N3O. The predicted octanol–water partition coefficient (Wildman–Crippen LogP) is 3.30. The molecule has 3 aromatic rings. The third-order valence-corrected chi connectivity index (χ3v) is 3.67. The molecule has 0 aliphatic carbocycles. The van der Waals surface area contributed by atoms with E-state index >= 15 is 0 Å². The highest BCUT2D eigenvalue weighted by Crippen LogP contribution is 2.25. The normalized spacial score (nSPS) is 12.0. The van der Waals surface area contributed by atoms with Crippen LogP contribution in [0.3, 0.4) is 0 Å². The molecule has 21 heavy (non-hydrogen) atoms. The Bertz CT molecular complexity index is 851. The van der Waals surface area contributed by atoms with Crippen molar-refractivity contribution in [2.24, 2.45) is 0 Å². The van der Waals surface area contributed by atoms with E-state index in [1.807, 2.05) is 47.8 Å². The lowest BCUT2D eigenvalue weighted by Crippen LogP contribution is -2.15. The molecule has 0 radical (unpaired) electrons. The predicted molar refractivity (Wildman–Crippen MR) is 84.7 cm³/mol. The molecule has 0 saturated carbocycles. The number of aromatic nitrogens is 3. The molecule has 0 fully saturated rings. The summed E-state index contributed by atoms with van der Waals surface area (Å²) in [6, 6.07) is 11.9. The lowest BCUT2D eigenvalue weighted by atomic mass is 9.93.